The number of hydrogen-bond donors (Lipinski definition) is 1. The quantitative estimate of drug-likeness (QED) is 0.565. The van der Waals surface area contributed by atoms with Gasteiger partial charge in [0.05, 0.1) is 11.6 Å². The van der Waals surface area contributed by atoms with Crippen LogP contribution in [0.1, 0.15) is 23.6 Å². The number of benzene rings is 2. The maximum absolute atomic E-state index is 6.49. The molecular weight excluding hydrogens is 360 g/mol. The van der Waals surface area contributed by atoms with Crippen molar-refractivity contribution in [3.8, 4) is 11.5 Å². The third-order valence-electron chi connectivity index (χ3n) is 3.98. The topological polar surface area (TPSA) is 43.4 Å². The Kier molecular flexibility index (Phi) is 7.08. The van der Waals surface area contributed by atoms with E-state index in [1.165, 1.54) is 0 Å². The average Bonchev–Trinajstić information content (AvgIpc) is 2.69. The molecule has 140 valence electrons. The minimum absolute atomic E-state index is 0.444. The Morgan fingerprint density at radius 1 is 0.926 bits per heavy atom. The molecule has 3 rings (SSSR count). The molecule has 1 N–H and O–H groups in total. The number of rotatable bonds is 9. The van der Waals surface area contributed by atoms with Crippen LogP contribution < -0.4 is 14.8 Å². The van der Waals surface area contributed by atoms with Gasteiger partial charge in [0.1, 0.15) is 6.61 Å². The van der Waals surface area contributed by atoms with Gasteiger partial charge in [0, 0.05) is 25.5 Å². The van der Waals surface area contributed by atoms with Gasteiger partial charge in [-0.15, -0.1) is 0 Å². The van der Waals surface area contributed by atoms with Gasteiger partial charge in [0.15, 0.2) is 11.5 Å². The van der Waals surface area contributed by atoms with Crippen molar-refractivity contribution in [2.75, 3.05) is 6.61 Å². The molecule has 0 aliphatic carbocycles. The molecule has 0 amide bonds. The molecule has 1 heterocycles. The molecule has 0 bridgehead atoms. The molecular formula is C22H23ClN2O2. The van der Waals surface area contributed by atoms with Crippen molar-refractivity contribution in [3.05, 3.63) is 88.7 Å². The molecule has 0 aliphatic heterocycles. The fourth-order valence-electron chi connectivity index (χ4n) is 2.71. The first-order valence-corrected chi connectivity index (χ1v) is 9.35. The van der Waals surface area contributed by atoms with Crippen molar-refractivity contribution < 1.29 is 9.47 Å². The number of pyridine rings is 1. The molecule has 5 heteroatoms. The first-order chi connectivity index (χ1) is 13.3. The predicted octanol–water partition coefficient (Wildman–Crippen LogP) is 5.00. The first-order valence-electron chi connectivity index (χ1n) is 8.98. The zero-order valence-electron chi connectivity index (χ0n) is 15.3. The smallest absolute Gasteiger partial charge is 0.180 e. The zero-order valence-corrected chi connectivity index (χ0v) is 16.1. The third-order valence-corrected chi connectivity index (χ3v) is 4.26. The summed E-state index contributed by atoms with van der Waals surface area (Å²) in [6.45, 7) is 4.35. The van der Waals surface area contributed by atoms with Crippen LogP contribution in [0.2, 0.25) is 5.02 Å². The van der Waals surface area contributed by atoms with Crippen molar-refractivity contribution in [2.45, 2.75) is 26.6 Å². The lowest BCUT2D eigenvalue weighted by molar-refractivity contribution is 0.269. The molecule has 2 aromatic carbocycles. The Bertz CT molecular complexity index is 842. The van der Waals surface area contributed by atoms with Crippen LogP contribution in [-0.4, -0.2) is 11.6 Å². The minimum Gasteiger partial charge on any atom is -0.490 e. The summed E-state index contributed by atoms with van der Waals surface area (Å²) >= 11 is 6.49. The van der Waals surface area contributed by atoms with E-state index < -0.39 is 0 Å². The molecule has 3 aromatic rings. The van der Waals surface area contributed by atoms with E-state index in [1.807, 2.05) is 67.7 Å². The van der Waals surface area contributed by atoms with E-state index >= 15 is 0 Å². The predicted molar refractivity (Wildman–Crippen MR) is 108 cm³/mol. The van der Waals surface area contributed by atoms with E-state index in [2.05, 4.69) is 10.3 Å². The standard InChI is InChI=1S/C22H23ClN2O2/c1-2-26-21-12-19(15-25-14-18-9-6-10-24-13-18)11-20(23)22(21)27-16-17-7-4-3-5-8-17/h3-13,25H,2,14-16H2,1H3. The van der Waals surface area contributed by atoms with E-state index in [-0.39, 0.29) is 0 Å². The maximum Gasteiger partial charge on any atom is 0.180 e. The van der Waals surface area contributed by atoms with Crippen LogP contribution >= 0.6 is 11.6 Å². The molecule has 0 saturated carbocycles. The van der Waals surface area contributed by atoms with Crippen LogP contribution in [0.25, 0.3) is 0 Å². The Morgan fingerprint density at radius 2 is 1.70 bits per heavy atom. The van der Waals surface area contributed by atoms with Crippen LogP contribution in [0.5, 0.6) is 11.5 Å². The lowest BCUT2D eigenvalue weighted by Crippen LogP contribution is -2.13. The number of nitrogens with one attached hydrogen (secondary N) is 1. The zero-order chi connectivity index (χ0) is 18.9. The van der Waals surface area contributed by atoms with Gasteiger partial charge in [-0.05, 0) is 41.8 Å². The fraction of sp³-hybridized carbons (Fsp3) is 0.227. The Balaban J connectivity index is 1.67. The van der Waals surface area contributed by atoms with E-state index in [1.54, 1.807) is 6.20 Å². The summed E-state index contributed by atoms with van der Waals surface area (Å²) in [6.07, 6.45) is 3.62. The summed E-state index contributed by atoms with van der Waals surface area (Å²) < 4.78 is 11.7. The Morgan fingerprint density at radius 3 is 2.44 bits per heavy atom. The second-order valence-electron chi connectivity index (χ2n) is 6.08. The van der Waals surface area contributed by atoms with Crippen LogP contribution in [0.15, 0.2) is 67.0 Å². The lowest BCUT2D eigenvalue weighted by atomic mass is 10.2. The number of hydrogen-bond acceptors (Lipinski definition) is 4. The summed E-state index contributed by atoms with van der Waals surface area (Å²) in [5.74, 6) is 1.25. The highest BCUT2D eigenvalue weighted by molar-refractivity contribution is 6.32. The van der Waals surface area contributed by atoms with Gasteiger partial charge in [-0.1, -0.05) is 48.0 Å². The van der Waals surface area contributed by atoms with Crippen molar-refractivity contribution in [1.82, 2.24) is 10.3 Å². The van der Waals surface area contributed by atoms with E-state index in [9.17, 15) is 0 Å². The largest absolute Gasteiger partial charge is 0.490 e. The molecule has 27 heavy (non-hydrogen) atoms. The molecule has 0 fully saturated rings. The van der Waals surface area contributed by atoms with Crippen molar-refractivity contribution in [2.24, 2.45) is 0 Å². The van der Waals surface area contributed by atoms with Gasteiger partial charge in [0.25, 0.3) is 0 Å². The highest BCUT2D eigenvalue weighted by atomic mass is 35.5. The Hall–Kier alpha value is -2.56. The van der Waals surface area contributed by atoms with Crippen LogP contribution in [0, 0.1) is 0 Å². The molecule has 0 saturated heterocycles. The number of aromatic nitrogens is 1. The van der Waals surface area contributed by atoms with Crippen LogP contribution in [0.4, 0.5) is 0 Å². The molecule has 0 spiro atoms. The van der Waals surface area contributed by atoms with Crippen molar-refractivity contribution in [3.63, 3.8) is 0 Å². The van der Waals surface area contributed by atoms with Gasteiger partial charge in [-0.2, -0.15) is 0 Å². The van der Waals surface area contributed by atoms with Crippen molar-refractivity contribution in [1.29, 1.82) is 0 Å². The minimum atomic E-state index is 0.444. The van der Waals surface area contributed by atoms with Gasteiger partial charge in [-0.3, -0.25) is 4.98 Å². The van der Waals surface area contributed by atoms with E-state index in [0.717, 1.165) is 23.2 Å². The molecule has 0 atom stereocenters. The average molecular weight is 383 g/mol. The second-order valence-corrected chi connectivity index (χ2v) is 6.48. The molecule has 0 aliphatic rings. The van der Waals surface area contributed by atoms with E-state index in [4.69, 9.17) is 21.1 Å². The maximum atomic E-state index is 6.49. The third kappa shape index (κ3) is 5.71. The molecule has 0 radical (unpaired) electrons. The summed E-state index contributed by atoms with van der Waals surface area (Å²) in [4.78, 5) is 4.12. The van der Waals surface area contributed by atoms with Crippen LogP contribution in [-0.2, 0) is 19.7 Å². The van der Waals surface area contributed by atoms with Gasteiger partial charge < -0.3 is 14.8 Å². The highest BCUT2D eigenvalue weighted by Crippen LogP contribution is 2.37. The van der Waals surface area contributed by atoms with Gasteiger partial charge in [-0.25, -0.2) is 0 Å². The summed E-state index contributed by atoms with van der Waals surface area (Å²) in [5, 5.41) is 3.95. The monoisotopic (exact) mass is 382 g/mol. The van der Waals surface area contributed by atoms with Gasteiger partial charge >= 0.3 is 0 Å². The normalized spacial score (nSPS) is 10.6. The van der Waals surface area contributed by atoms with Gasteiger partial charge in [0.2, 0.25) is 0 Å². The highest BCUT2D eigenvalue weighted by Gasteiger charge is 2.13. The fourth-order valence-corrected chi connectivity index (χ4v) is 3.00. The summed E-state index contributed by atoms with van der Waals surface area (Å²) in [7, 11) is 0. The SMILES string of the molecule is CCOc1cc(CNCc2cccnc2)cc(Cl)c1OCc1ccccc1. The van der Waals surface area contributed by atoms with Crippen molar-refractivity contribution >= 4 is 11.6 Å². The summed E-state index contributed by atoms with van der Waals surface area (Å²) in [6, 6.07) is 17.9. The first kappa shape index (κ1) is 19.2. The molecule has 4 nitrogen and oxygen atoms in total. The second kappa shape index (κ2) is 9.95. The van der Waals surface area contributed by atoms with E-state index in [0.29, 0.717) is 36.3 Å². The van der Waals surface area contributed by atoms with Crippen LogP contribution in [0.3, 0.4) is 0 Å². The molecule has 0 unspecified atom stereocenters. The number of halogens is 1. The summed E-state index contributed by atoms with van der Waals surface area (Å²) in [5.41, 5.74) is 3.26. The molecule has 1 aromatic heterocycles. The Labute approximate surface area is 165 Å². The number of nitrogens with zero attached hydrogens (tertiary/aromatic N) is 1. The lowest BCUT2D eigenvalue weighted by Gasteiger charge is -2.16. The number of ether oxygens (including phenoxy) is 2.